The van der Waals surface area contributed by atoms with Crippen LogP contribution in [-0.4, -0.2) is 35.2 Å². The first-order chi connectivity index (χ1) is 11.1. The second-order valence-electron chi connectivity index (χ2n) is 8.30. The maximum atomic E-state index is 13.7. The van der Waals surface area contributed by atoms with Gasteiger partial charge in [0.15, 0.2) is 11.9 Å². The lowest BCUT2D eigenvalue weighted by molar-refractivity contribution is -0.573. The van der Waals surface area contributed by atoms with Gasteiger partial charge in [-0.3, -0.25) is 0 Å². The maximum absolute atomic E-state index is 13.7. The van der Waals surface area contributed by atoms with Gasteiger partial charge >= 0.3 is 6.18 Å². The van der Waals surface area contributed by atoms with Crippen LogP contribution in [0.1, 0.15) is 46.5 Å². The summed E-state index contributed by atoms with van der Waals surface area (Å²) in [4.78, 5) is 11.4. The molecule has 1 saturated carbocycles. The number of ether oxygens (including phenoxy) is 3. The molecule has 6 aliphatic rings. The number of halogens is 3. The number of hydrogen-bond donors (Lipinski definition) is 0. The summed E-state index contributed by atoms with van der Waals surface area (Å²) < 4.78 is 57.9. The van der Waals surface area contributed by atoms with E-state index in [9.17, 15) is 13.2 Å². The van der Waals surface area contributed by atoms with Gasteiger partial charge in [0.1, 0.15) is 5.60 Å². The Bertz CT molecular complexity index is 599. The van der Waals surface area contributed by atoms with Crippen molar-refractivity contribution in [3.8, 4) is 0 Å². The molecule has 0 radical (unpaired) electrons. The van der Waals surface area contributed by atoms with E-state index >= 15 is 0 Å². The SMILES string of the molecule is C[C@@H]1CC[C@@H]2[C@]34OO[C@@](C)(CC[C@@H]13)O[C@H]4O[C@]1(C(F)(F)F)O[C@]21C. The molecule has 6 rings (SSSR count). The average Bonchev–Trinajstić information content (AvgIpc) is 3.15. The van der Waals surface area contributed by atoms with Crippen LogP contribution >= 0.6 is 0 Å². The third-order valence-electron chi connectivity index (χ3n) is 7.00. The first-order valence-electron chi connectivity index (χ1n) is 8.57. The molecular formula is C16H21F3O5. The third-order valence-corrected chi connectivity index (χ3v) is 7.00. The lowest BCUT2D eigenvalue weighted by atomic mass is 9.57. The first kappa shape index (κ1) is 15.8. The van der Waals surface area contributed by atoms with E-state index in [2.05, 4.69) is 6.92 Å². The van der Waals surface area contributed by atoms with Crippen molar-refractivity contribution in [2.45, 2.75) is 81.7 Å². The molecule has 136 valence electrons. The molecule has 24 heavy (non-hydrogen) atoms. The van der Waals surface area contributed by atoms with E-state index in [-0.39, 0.29) is 5.92 Å². The number of fused-ring (bicyclic) bond motifs is 4. The highest BCUT2D eigenvalue weighted by Crippen LogP contribution is 2.73. The molecule has 0 unspecified atom stereocenters. The normalized spacial score (nSPS) is 61.8. The Morgan fingerprint density at radius 2 is 1.75 bits per heavy atom. The molecule has 1 spiro atoms. The second kappa shape index (κ2) is 4.11. The fourth-order valence-electron chi connectivity index (χ4n) is 5.68. The summed E-state index contributed by atoms with van der Waals surface area (Å²) >= 11 is 0. The van der Waals surface area contributed by atoms with E-state index in [4.69, 9.17) is 24.0 Å². The van der Waals surface area contributed by atoms with Crippen LogP contribution in [0.3, 0.4) is 0 Å². The Morgan fingerprint density at radius 1 is 1.00 bits per heavy atom. The molecule has 8 atom stereocenters. The van der Waals surface area contributed by atoms with Gasteiger partial charge in [0.05, 0.1) is 0 Å². The smallest absolute Gasteiger partial charge is 0.327 e. The molecule has 6 fully saturated rings. The maximum Gasteiger partial charge on any atom is 0.446 e. The van der Waals surface area contributed by atoms with Crippen molar-refractivity contribution in [3.05, 3.63) is 0 Å². The topological polar surface area (TPSA) is 49.5 Å². The highest BCUT2D eigenvalue weighted by molar-refractivity contribution is 5.25. The Hall–Kier alpha value is -0.410. The Kier molecular flexibility index (Phi) is 2.71. The molecule has 0 aromatic carbocycles. The van der Waals surface area contributed by atoms with Crippen molar-refractivity contribution >= 4 is 0 Å². The fraction of sp³-hybridized carbons (Fsp3) is 1.00. The zero-order chi connectivity index (χ0) is 17.2. The molecule has 2 bridgehead atoms. The van der Waals surface area contributed by atoms with Crippen LogP contribution in [0, 0.1) is 17.8 Å². The van der Waals surface area contributed by atoms with E-state index < -0.39 is 41.2 Å². The largest absolute Gasteiger partial charge is 0.446 e. The monoisotopic (exact) mass is 350 g/mol. The summed E-state index contributed by atoms with van der Waals surface area (Å²) in [5.74, 6) is -3.88. The Labute approximate surface area is 137 Å². The minimum Gasteiger partial charge on any atom is -0.327 e. The first-order valence-corrected chi connectivity index (χ1v) is 8.57. The molecule has 0 N–H and O–H groups in total. The third kappa shape index (κ3) is 1.52. The number of epoxide rings is 1. The summed E-state index contributed by atoms with van der Waals surface area (Å²) in [5, 5.41) is 0. The van der Waals surface area contributed by atoms with Gasteiger partial charge in [-0.25, -0.2) is 9.78 Å². The van der Waals surface area contributed by atoms with Gasteiger partial charge in [-0.05, 0) is 44.9 Å². The van der Waals surface area contributed by atoms with Crippen LogP contribution in [-0.2, 0) is 24.0 Å². The molecule has 0 amide bonds. The van der Waals surface area contributed by atoms with Gasteiger partial charge in [0, 0.05) is 12.3 Å². The standard InChI is InChI=1S/C16H21F3O5/c1-8-4-5-10-13(3)15(22-13,16(17,18)19)21-11-14(10)9(8)6-7-12(2,20-11)23-24-14/h8-11H,4-7H2,1-3H3/t8-,9+,10+,11+,12+,13-,14-,15+/m1/s1. The van der Waals surface area contributed by atoms with Crippen molar-refractivity contribution in [2.75, 3.05) is 0 Å². The predicted octanol–water partition coefficient (Wildman–Crippen LogP) is 3.28. The van der Waals surface area contributed by atoms with Gasteiger partial charge in [-0.15, -0.1) is 0 Å². The molecule has 5 aliphatic heterocycles. The highest BCUT2D eigenvalue weighted by Gasteiger charge is 2.92. The number of hydrogen-bond acceptors (Lipinski definition) is 5. The van der Waals surface area contributed by atoms with Gasteiger partial charge in [-0.2, -0.15) is 13.2 Å². The van der Waals surface area contributed by atoms with Crippen LogP contribution in [0.2, 0.25) is 0 Å². The quantitative estimate of drug-likeness (QED) is 0.496. The van der Waals surface area contributed by atoms with Crippen LogP contribution in [0.25, 0.3) is 0 Å². The van der Waals surface area contributed by atoms with E-state index in [1.54, 1.807) is 6.92 Å². The molecular weight excluding hydrogens is 329 g/mol. The van der Waals surface area contributed by atoms with Crippen LogP contribution in [0.5, 0.6) is 0 Å². The van der Waals surface area contributed by atoms with Gasteiger partial charge in [0.2, 0.25) is 5.79 Å². The van der Waals surface area contributed by atoms with Gasteiger partial charge < -0.3 is 14.2 Å². The summed E-state index contributed by atoms with van der Waals surface area (Å²) in [7, 11) is 0. The van der Waals surface area contributed by atoms with Gasteiger partial charge in [0.25, 0.3) is 5.79 Å². The Balaban J connectivity index is 1.66. The minimum absolute atomic E-state index is 0.0119. The van der Waals surface area contributed by atoms with Gasteiger partial charge in [-0.1, -0.05) is 6.92 Å². The number of rotatable bonds is 0. The minimum atomic E-state index is -4.63. The van der Waals surface area contributed by atoms with Crippen molar-refractivity contribution in [2.24, 2.45) is 17.8 Å². The van der Waals surface area contributed by atoms with Crippen molar-refractivity contribution < 1.29 is 37.2 Å². The molecule has 0 aromatic heterocycles. The summed E-state index contributed by atoms with van der Waals surface area (Å²) in [5.41, 5.74) is -2.52. The van der Waals surface area contributed by atoms with Crippen LogP contribution in [0.4, 0.5) is 13.2 Å². The lowest BCUT2D eigenvalue weighted by Crippen LogP contribution is -2.73. The lowest BCUT2D eigenvalue weighted by Gasteiger charge is -2.58. The van der Waals surface area contributed by atoms with Crippen LogP contribution in [0.15, 0.2) is 0 Å². The second-order valence-corrected chi connectivity index (χ2v) is 8.30. The fourth-order valence-corrected chi connectivity index (χ4v) is 5.68. The highest BCUT2D eigenvalue weighted by atomic mass is 19.4. The van der Waals surface area contributed by atoms with E-state index in [1.807, 2.05) is 0 Å². The molecule has 5 saturated heterocycles. The average molecular weight is 350 g/mol. The summed E-state index contributed by atoms with van der Waals surface area (Å²) in [6.07, 6.45) is -3.05. The molecule has 5 nitrogen and oxygen atoms in total. The summed E-state index contributed by atoms with van der Waals surface area (Å²) in [6, 6.07) is 0. The van der Waals surface area contributed by atoms with Crippen molar-refractivity contribution in [1.29, 1.82) is 0 Å². The zero-order valence-electron chi connectivity index (χ0n) is 13.8. The van der Waals surface area contributed by atoms with E-state index in [0.717, 1.165) is 12.8 Å². The molecule has 0 aromatic rings. The van der Waals surface area contributed by atoms with Crippen molar-refractivity contribution in [1.82, 2.24) is 0 Å². The molecule has 5 heterocycles. The van der Waals surface area contributed by atoms with E-state index in [0.29, 0.717) is 18.8 Å². The predicted molar refractivity (Wildman–Crippen MR) is 72.2 cm³/mol. The molecule has 1 aliphatic carbocycles. The Morgan fingerprint density at radius 3 is 2.46 bits per heavy atom. The van der Waals surface area contributed by atoms with E-state index in [1.165, 1.54) is 6.92 Å². The van der Waals surface area contributed by atoms with Crippen molar-refractivity contribution in [3.63, 3.8) is 0 Å². The zero-order valence-corrected chi connectivity index (χ0v) is 13.8. The molecule has 8 heteroatoms. The summed E-state index contributed by atoms with van der Waals surface area (Å²) in [6.45, 7) is 5.27. The number of alkyl halides is 3. The van der Waals surface area contributed by atoms with Crippen LogP contribution < -0.4 is 0 Å².